The summed E-state index contributed by atoms with van der Waals surface area (Å²) in [5, 5.41) is 10.1. The van der Waals surface area contributed by atoms with Gasteiger partial charge >= 0.3 is 6.09 Å². The highest BCUT2D eigenvalue weighted by molar-refractivity contribution is 6.28. The van der Waals surface area contributed by atoms with E-state index in [0.29, 0.717) is 18.5 Å². The molecule has 2 aromatic heterocycles. The average molecular weight is 400 g/mol. The molecule has 1 amide bonds. The SMILES string of the molecule is CC(C)(C)OC(=O)N1CC(C#N)(c2ncccc2CCc2ccnc(Cl)n2)C1. The molecule has 1 aliphatic rings. The van der Waals surface area contributed by atoms with Crippen LogP contribution in [0.1, 0.15) is 37.7 Å². The molecule has 0 radical (unpaired) electrons. The van der Waals surface area contributed by atoms with Crippen LogP contribution in [0.5, 0.6) is 0 Å². The van der Waals surface area contributed by atoms with Gasteiger partial charge in [0, 0.05) is 18.1 Å². The van der Waals surface area contributed by atoms with Crippen LogP contribution in [0.4, 0.5) is 4.79 Å². The Labute approximate surface area is 169 Å². The monoisotopic (exact) mass is 399 g/mol. The normalized spacial score (nSPS) is 15.5. The number of carbonyl (C=O) groups is 1. The third kappa shape index (κ3) is 4.39. The van der Waals surface area contributed by atoms with E-state index in [2.05, 4.69) is 21.0 Å². The Morgan fingerprint density at radius 1 is 1.29 bits per heavy atom. The Hall–Kier alpha value is -2.72. The number of ether oxygens (including phenoxy) is 1. The molecule has 7 nitrogen and oxygen atoms in total. The molecule has 0 bridgehead atoms. The smallest absolute Gasteiger partial charge is 0.410 e. The van der Waals surface area contributed by atoms with Crippen molar-refractivity contribution in [3.05, 3.63) is 52.8 Å². The van der Waals surface area contributed by atoms with E-state index in [4.69, 9.17) is 16.3 Å². The molecule has 8 heteroatoms. The summed E-state index contributed by atoms with van der Waals surface area (Å²) in [6.45, 7) is 5.99. The van der Waals surface area contributed by atoms with Gasteiger partial charge < -0.3 is 9.64 Å². The minimum absolute atomic E-state index is 0.212. The summed E-state index contributed by atoms with van der Waals surface area (Å²) in [5.41, 5.74) is 1.10. The molecular weight excluding hydrogens is 378 g/mol. The lowest BCUT2D eigenvalue weighted by molar-refractivity contribution is -0.00112. The third-order valence-electron chi connectivity index (χ3n) is 4.47. The Morgan fingerprint density at radius 2 is 2.04 bits per heavy atom. The first-order valence-corrected chi connectivity index (χ1v) is 9.41. The van der Waals surface area contributed by atoms with Crippen LogP contribution < -0.4 is 0 Å². The second-order valence-corrected chi connectivity index (χ2v) is 8.20. The van der Waals surface area contributed by atoms with Gasteiger partial charge in [-0.2, -0.15) is 5.26 Å². The molecule has 1 fully saturated rings. The maximum absolute atomic E-state index is 12.3. The second kappa shape index (κ2) is 7.72. The predicted octanol–water partition coefficient (Wildman–Crippen LogP) is 3.32. The van der Waals surface area contributed by atoms with Gasteiger partial charge in [0.2, 0.25) is 5.28 Å². The zero-order valence-corrected chi connectivity index (χ0v) is 16.9. The first-order chi connectivity index (χ1) is 13.2. The molecule has 0 aromatic carbocycles. The van der Waals surface area contributed by atoms with Gasteiger partial charge in [-0.1, -0.05) is 6.07 Å². The van der Waals surface area contributed by atoms with Gasteiger partial charge in [-0.05, 0) is 62.9 Å². The molecule has 3 heterocycles. The fourth-order valence-electron chi connectivity index (χ4n) is 3.18. The molecule has 146 valence electrons. The summed E-state index contributed by atoms with van der Waals surface area (Å²) >= 11 is 5.85. The van der Waals surface area contributed by atoms with Crippen LogP contribution in [0.3, 0.4) is 0 Å². The van der Waals surface area contributed by atoms with E-state index in [1.54, 1.807) is 12.4 Å². The molecule has 0 unspecified atom stereocenters. The molecule has 0 saturated carbocycles. The number of hydrogen-bond acceptors (Lipinski definition) is 6. The highest BCUT2D eigenvalue weighted by atomic mass is 35.5. The highest BCUT2D eigenvalue weighted by Crippen LogP contribution is 2.36. The van der Waals surface area contributed by atoms with Crippen LogP contribution in [-0.2, 0) is 23.0 Å². The van der Waals surface area contributed by atoms with E-state index in [-0.39, 0.29) is 18.4 Å². The van der Waals surface area contributed by atoms with Crippen molar-refractivity contribution >= 4 is 17.7 Å². The summed E-state index contributed by atoms with van der Waals surface area (Å²) in [4.78, 5) is 26.4. The van der Waals surface area contributed by atoms with Gasteiger partial charge in [-0.3, -0.25) is 4.98 Å². The maximum Gasteiger partial charge on any atom is 0.410 e. The van der Waals surface area contributed by atoms with Gasteiger partial charge in [-0.15, -0.1) is 0 Å². The minimum Gasteiger partial charge on any atom is -0.444 e. The number of pyridine rings is 1. The van der Waals surface area contributed by atoms with Crippen molar-refractivity contribution in [3.63, 3.8) is 0 Å². The largest absolute Gasteiger partial charge is 0.444 e. The molecule has 1 aliphatic heterocycles. The predicted molar refractivity (Wildman–Crippen MR) is 104 cm³/mol. The fraction of sp³-hybridized carbons (Fsp3) is 0.450. The number of carbonyl (C=O) groups excluding carboxylic acids is 1. The maximum atomic E-state index is 12.3. The van der Waals surface area contributed by atoms with Gasteiger partial charge in [-0.25, -0.2) is 14.8 Å². The number of likely N-dealkylation sites (tertiary alicyclic amines) is 1. The Kier molecular flexibility index (Phi) is 5.52. The lowest BCUT2D eigenvalue weighted by Crippen LogP contribution is -2.61. The Balaban J connectivity index is 1.74. The molecule has 0 N–H and O–H groups in total. The topological polar surface area (TPSA) is 92.0 Å². The molecule has 28 heavy (non-hydrogen) atoms. The van der Waals surface area contributed by atoms with Crippen molar-refractivity contribution in [2.45, 2.75) is 44.6 Å². The summed E-state index contributed by atoms with van der Waals surface area (Å²) in [7, 11) is 0. The van der Waals surface area contributed by atoms with Crippen molar-refractivity contribution in [2.75, 3.05) is 13.1 Å². The van der Waals surface area contributed by atoms with Crippen molar-refractivity contribution < 1.29 is 9.53 Å². The summed E-state index contributed by atoms with van der Waals surface area (Å²) in [6.07, 6.45) is 4.20. The van der Waals surface area contributed by atoms with Crippen molar-refractivity contribution in [2.24, 2.45) is 0 Å². The first-order valence-electron chi connectivity index (χ1n) is 9.03. The van der Waals surface area contributed by atoms with E-state index in [9.17, 15) is 10.1 Å². The number of rotatable bonds is 4. The number of hydrogen-bond donors (Lipinski definition) is 0. The molecule has 0 spiro atoms. The van der Waals surface area contributed by atoms with Crippen LogP contribution in [-0.4, -0.2) is 44.6 Å². The van der Waals surface area contributed by atoms with Crippen molar-refractivity contribution in [1.29, 1.82) is 5.26 Å². The highest BCUT2D eigenvalue weighted by Gasteiger charge is 2.50. The van der Waals surface area contributed by atoms with Gasteiger partial charge in [0.1, 0.15) is 11.0 Å². The molecule has 2 aromatic rings. The van der Waals surface area contributed by atoms with E-state index in [0.717, 1.165) is 11.3 Å². The number of nitrogens with zero attached hydrogens (tertiary/aromatic N) is 5. The average Bonchev–Trinajstić information content (AvgIpc) is 2.59. The number of nitriles is 1. The molecule has 0 aliphatic carbocycles. The number of aromatic nitrogens is 3. The van der Waals surface area contributed by atoms with Crippen LogP contribution in [0, 0.1) is 11.3 Å². The second-order valence-electron chi connectivity index (χ2n) is 7.86. The quantitative estimate of drug-likeness (QED) is 0.732. The zero-order valence-electron chi connectivity index (χ0n) is 16.1. The van der Waals surface area contributed by atoms with Gasteiger partial charge in [0.15, 0.2) is 0 Å². The molecular formula is C20H22ClN5O2. The van der Waals surface area contributed by atoms with Crippen LogP contribution >= 0.6 is 11.6 Å². The molecule has 3 rings (SSSR count). The zero-order chi connectivity index (χ0) is 20.4. The van der Waals surface area contributed by atoms with E-state index in [1.165, 1.54) is 4.90 Å². The Morgan fingerprint density at radius 3 is 2.68 bits per heavy atom. The van der Waals surface area contributed by atoms with Crippen molar-refractivity contribution in [3.8, 4) is 6.07 Å². The summed E-state index contributed by atoms with van der Waals surface area (Å²) < 4.78 is 5.39. The van der Waals surface area contributed by atoms with Crippen LogP contribution in [0.15, 0.2) is 30.6 Å². The first kappa shape index (κ1) is 20.0. The fourth-order valence-corrected chi connectivity index (χ4v) is 3.34. The van der Waals surface area contributed by atoms with E-state index < -0.39 is 17.1 Å². The molecule has 1 saturated heterocycles. The third-order valence-corrected chi connectivity index (χ3v) is 4.65. The molecule has 0 atom stereocenters. The summed E-state index contributed by atoms with van der Waals surface area (Å²) in [5.74, 6) is 0. The van der Waals surface area contributed by atoms with E-state index >= 15 is 0 Å². The van der Waals surface area contributed by atoms with Crippen molar-refractivity contribution in [1.82, 2.24) is 19.9 Å². The van der Waals surface area contributed by atoms with Gasteiger partial charge in [0.25, 0.3) is 0 Å². The van der Waals surface area contributed by atoms with Gasteiger partial charge in [0.05, 0.1) is 24.9 Å². The summed E-state index contributed by atoms with van der Waals surface area (Å²) in [6, 6.07) is 7.99. The number of aryl methyl sites for hydroxylation is 2. The van der Waals surface area contributed by atoms with Crippen LogP contribution in [0.2, 0.25) is 5.28 Å². The minimum atomic E-state index is -0.823. The van der Waals surface area contributed by atoms with Crippen LogP contribution in [0.25, 0.3) is 0 Å². The number of halogens is 1. The Bertz CT molecular complexity index is 913. The lowest BCUT2D eigenvalue weighted by Gasteiger charge is -2.45. The van der Waals surface area contributed by atoms with E-state index in [1.807, 2.05) is 39.0 Å². The standard InChI is InChI=1S/C20H22ClN5O2/c1-19(2,3)28-18(27)26-12-20(11-22,13-26)16-14(5-4-9-23-16)6-7-15-8-10-24-17(21)25-15/h4-5,8-10H,6-7,12-13H2,1-3H3. The number of amides is 1. The lowest BCUT2D eigenvalue weighted by atomic mass is 9.75.